The summed E-state index contributed by atoms with van der Waals surface area (Å²) in [7, 11) is 0. The molecule has 1 aliphatic heterocycles. The maximum Gasteiger partial charge on any atom is 0.0353 e. The number of benzene rings is 1. The van der Waals surface area contributed by atoms with Gasteiger partial charge in [-0.05, 0) is 62.8 Å². The second kappa shape index (κ2) is 7.15. The van der Waals surface area contributed by atoms with E-state index in [2.05, 4.69) is 51.7 Å². The molecule has 21 heavy (non-hydrogen) atoms. The van der Waals surface area contributed by atoms with Gasteiger partial charge >= 0.3 is 0 Å². The van der Waals surface area contributed by atoms with Crippen LogP contribution in [0.3, 0.4) is 0 Å². The van der Waals surface area contributed by atoms with Crippen molar-refractivity contribution < 1.29 is 0 Å². The average molecular weight is 351 g/mol. The average Bonchev–Trinajstić information content (AvgIpc) is 2.52. The van der Waals surface area contributed by atoms with E-state index in [1.54, 1.807) is 0 Å². The van der Waals surface area contributed by atoms with Crippen LogP contribution >= 0.6 is 15.9 Å². The lowest BCUT2D eigenvalue weighted by Gasteiger charge is -2.40. The van der Waals surface area contributed by atoms with E-state index in [-0.39, 0.29) is 0 Å². The van der Waals surface area contributed by atoms with Crippen LogP contribution in [0, 0.1) is 12.8 Å². The summed E-state index contributed by atoms with van der Waals surface area (Å²) in [5.74, 6) is 0.791. The third-order valence-electron chi connectivity index (χ3n) is 5.21. The fourth-order valence-electron chi connectivity index (χ4n) is 3.96. The molecule has 2 aliphatic rings. The number of anilines is 1. The first-order valence-electron chi connectivity index (χ1n) is 8.50. The van der Waals surface area contributed by atoms with Gasteiger partial charge in [0.25, 0.3) is 0 Å². The van der Waals surface area contributed by atoms with Crippen LogP contribution in [0.1, 0.15) is 50.5 Å². The van der Waals surface area contributed by atoms with Crippen molar-refractivity contribution in [2.75, 3.05) is 11.9 Å². The lowest BCUT2D eigenvalue weighted by molar-refractivity contribution is 0.217. The van der Waals surface area contributed by atoms with Crippen LogP contribution in [-0.2, 0) is 0 Å². The highest BCUT2D eigenvalue weighted by molar-refractivity contribution is 9.10. The molecular formula is C18H27BrN2. The van der Waals surface area contributed by atoms with Gasteiger partial charge in [0.1, 0.15) is 0 Å². The molecule has 0 bridgehead atoms. The lowest BCUT2D eigenvalue weighted by Crippen LogP contribution is -2.48. The topological polar surface area (TPSA) is 24.1 Å². The van der Waals surface area contributed by atoms with E-state index in [1.807, 2.05) is 0 Å². The van der Waals surface area contributed by atoms with Gasteiger partial charge in [0.05, 0.1) is 0 Å². The number of aryl methyl sites for hydroxylation is 1. The Morgan fingerprint density at radius 1 is 1.10 bits per heavy atom. The SMILES string of the molecule is Cc1ccc(NC2CCCCC2C2CCCCN2)cc1Br. The van der Waals surface area contributed by atoms with Gasteiger partial charge in [0.15, 0.2) is 0 Å². The highest BCUT2D eigenvalue weighted by Crippen LogP contribution is 2.33. The van der Waals surface area contributed by atoms with Gasteiger partial charge in [-0.2, -0.15) is 0 Å². The zero-order valence-corrected chi connectivity index (χ0v) is 14.6. The van der Waals surface area contributed by atoms with Gasteiger partial charge in [0, 0.05) is 22.2 Å². The number of piperidine rings is 1. The molecule has 0 radical (unpaired) electrons. The molecular weight excluding hydrogens is 324 g/mol. The van der Waals surface area contributed by atoms with Crippen LogP contribution < -0.4 is 10.6 Å². The van der Waals surface area contributed by atoms with Gasteiger partial charge in [0.2, 0.25) is 0 Å². The number of halogens is 1. The summed E-state index contributed by atoms with van der Waals surface area (Å²) in [6, 6.07) is 8.01. The molecule has 1 heterocycles. The van der Waals surface area contributed by atoms with E-state index in [0.717, 1.165) is 12.0 Å². The van der Waals surface area contributed by atoms with Crippen molar-refractivity contribution in [1.29, 1.82) is 0 Å². The first-order chi connectivity index (χ1) is 10.2. The molecule has 3 rings (SSSR count). The molecule has 2 fully saturated rings. The van der Waals surface area contributed by atoms with Gasteiger partial charge in [-0.3, -0.25) is 0 Å². The fourth-order valence-corrected chi connectivity index (χ4v) is 4.34. The van der Waals surface area contributed by atoms with Crippen LogP contribution in [-0.4, -0.2) is 18.6 Å². The van der Waals surface area contributed by atoms with Gasteiger partial charge in [-0.15, -0.1) is 0 Å². The summed E-state index contributed by atoms with van der Waals surface area (Å²) in [5, 5.41) is 7.60. The highest BCUT2D eigenvalue weighted by Gasteiger charge is 2.32. The van der Waals surface area contributed by atoms with Crippen LogP contribution in [0.2, 0.25) is 0 Å². The largest absolute Gasteiger partial charge is 0.382 e. The molecule has 1 saturated carbocycles. The minimum atomic E-state index is 0.629. The first kappa shape index (κ1) is 15.4. The Balaban J connectivity index is 1.69. The standard InChI is InChI=1S/C18H27BrN2/c1-13-9-10-14(12-16(13)19)21-18-8-3-2-6-15(18)17-7-4-5-11-20-17/h9-10,12,15,17-18,20-21H,2-8,11H2,1H3. The Morgan fingerprint density at radius 2 is 1.90 bits per heavy atom. The van der Waals surface area contributed by atoms with Crippen molar-refractivity contribution in [3.05, 3.63) is 28.2 Å². The third-order valence-corrected chi connectivity index (χ3v) is 6.06. The molecule has 1 saturated heterocycles. The van der Waals surface area contributed by atoms with Crippen LogP contribution in [0.15, 0.2) is 22.7 Å². The second-order valence-corrected chi connectivity index (χ2v) is 7.57. The van der Waals surface area contributed by atoms with E-state index in [1.165, 1.54) is 67.2 Å². The maximum atomic E-state index is 3.83. The van der Waals surface area contributed by atoms with Gasteiger partial charge in [-0.1, -0.05) is 41.3 Å². The Morgan fingerprint density at radius 3 is 2.67 bits per heavy atom. The van der Waals surface area contributed by atoms with E-state index < -0.39 is 0 Å². The molecule has 116 valence electrons. The normalized spacial score (nSPS) is 30.1. The molecule has 0 amide bonds. The van der Waals surface area contributed by atoms with Crippen LogP contribution in [0.5, 0.6) is 0 Å². The molecule has 0 aromatic heterocycles. The van der Waals surface area contributed by atoms with Crippen molar-refractivity contribution in [2.24, 2.45) is 5.92 Å². The fraction of sp³-hybridized carbons (Fsp3) is 0.667. The minimum Gasteiger partial charge on any atom is -0.382 e. The van der Waals surface area contributed by atoms with Crippen LogP contribution in [0.4, 0.5) is 5.69 Å². The maximum absolute atomic E-state index is 3.83. The van der Waals surface area contributed by atoms with Gasteiger partial charge < -0.3 is 10.6 Å². The molecule has 1 aliphatic carbocycles. The second-order valence-electron chi connectivity index (χ2n) is 6.72. The first-order valence-corrected chi connectivity index (χ1v) is 9.29. The Hall–Kier alpha value is -0.540. The minimum absolute atomic E-state index is 0.629. The van der Waals surface area contributed by atoms with E-state index in [4.69, 9.17) is 0 Å². The number of nitrogens with one attached hydrogen (secondary N) is 2. The zero-order valence-electron chi connectivity index (χ0n) is 13.0. The molecule has 1 aromatic carbocycles. The monoisotopic (exact) mass is 350 g/mol. The molecule has 2 nitrogen and oxygen atoms in total. The number of hydrogen-bond donors (Lipinski definition) is 2. The Kier molecular flexibility index (Phi) is 5.23. The molecule has 1 aromatic rings. The van der Waals surface area contributed by atoms with E-state index in [0.29, 0.717) is 6.04 Å². The van der Waals surface area contributed by atoms with E-state index in [9.17, 15) is 0 Å². The summed E-state index contributed by atoms with van der Waals surface area (Å²) in [4.78, 5) is 0. The van der Waals surface area contributed by atoms with Crippen LogP contribution in [0.25, 0.3) is 0 Å². The smallest absolute Gasteiger partial charge is 0.0353 e. The Labute approximate surface area is 137 Å². The van der Waals surface area contributed by atoms with E-state index >= 15 is 0 Å². The molecule has 3 atom stereocenters. The molecule has 2 N–H and O–H groups in total. The predicted molar refractivity (Wildman–Crippen MR) is 93.9 cm³/mol. The van der Waals surface area contributed by atoms with Crippen molar-refractivity contribution in [3.63, 3.8) is 0 Å². The lowest BCUT2D eigenvalue weighted by atomic mass is 9.77. The third kappa shape index (κ3) is 3.81. The summed E-state index contributed by atoms with van der Waals surface area (Å²) < 4.78 is 1.20. The van der Waals surface area contributed by atoms with Crippen molar-refractivity contribution >= 4 is 21.6 Å². The Bertz CT molecular complexity index is 468. The van der Waals surface area contributed by atoms with Crippen molar-refractivity contribution in [3.8, 4) is 0 Å². The summed E-state index contributed by atoms with van der Waals surface area (Å²) >= 11 is 3.65. The van der Waals surface area contributed by atoms with Crippen molar-refractivity contribution in [2.45, 2.75) is 64.0 Å². The van der Waals surface area contributed by atoms with Crippen molar-refractivity contribution in [1.82, 2.24) is 5.32 Å². The molecule has 0 spiro atoms. The highest BCUT2D eigenvalue weighted by atomic mass is 79.9. The number of rotatable bonds is 3. The summed E-state index contributed by atoms with van der Waals surface area (Å²) in [6.45, 7) is 3.35. The summed E-state index contributed by atoms with van der Waals surface area (Å²) in [6.07, 6.45) is 9.58. The predicted octanol–water partition coefficient (Wildman–Crippen LogP) is 4.87. The summed E-state index contributed by atoms with van der Waals surface area (Å²) in [5.41, 5.74) is 2.56. The number of hydrogen-bond acceptors (Lipinski definition) is 2. The molecule has 3 unspecified atom stereocenters. The zero-order chi connectivity index (χ0) is 14.7. The quantitative estimate of drug-likeness (QED) is 0.812. The molecule has 3 heteroatoms. The van der Waals surface area contributed by atoms with Gasteiger partial charge in [-0.25, -0.2) is 0 Å².